The molecule has 1 amide bonds. The third kappa shape index (κ3) is 3.43. The Labute approximate surface area is 109 Å². The lowest BCUT2D eigenvalue weighted by atomic mass is 10.1. The van der Waals surface area contributed by atoms with E-state index in [0.29, 0.717) is 0 Å². The van der Waals surface area contributed by atoms with Gasteiger partial charge in [-0.05, 0) is 18.2 Å². The molecule has 1 N–H and O–H groups in total. The van der Waals surface area contributed by atoms with Gasteiger partial charge in [0.15, 0.2) is 0 Å². The summed E-state index contributed by atoms with van der Waals surface area (Å²) < 4.78 is 17.6. The van der Waals surface area contributed by atoms with E-state index in [9.17, 15) is 14.0 Å². The monoisotopic (exact) mass is 273 g/mol. The van der Waals surface area contributed by atoms with Crippen molar-refractivity contribution in [2.75, 3.05) is 18.3 Å². The Morgan fingerprint density at radius 3 is 2.72 bits per heavy atom. The Kier molecular flexibility index (Phi) is 5.09. The first-order valence-electron chi connectivity index (χ1n) is 5.24. The van der Waals surface area contributed by atoms with Crippen LogP contribution < -0.4 is 5.32 Å². The van der Waals surface area contributed by atoms with E-state index in [1.54, 1.807) is 6.92 Å². The molecule has 0 bridgehead atoms. The number of amides is 1. The van der Waals surface area contributed by atoms with Crippen LogP contribution in [-0.2, 0) is 9.53 Å². The molecule has 1 aromatic rings. The van der Waals surface area contributed by atoms with Gasteiger partial charge in [-0.1, -0.05) is 6.92 Å². The molecular weight excluding hydrogens is 261 g/mol. The average molecular weight is 274 g/mol. The van der Waals surface area contributed by atoms with Gasteiger partial charge in [-0.2, -0.15) is 0 Å². The fraction of sp³-hybridized carbons (Fsp3) is 0.333. The highest BCUT2D eigenvalue weighted by Gasteiger charge is 2.17. The fourth-order valence-electron chi connectivity index (χ4n) is 1.23. The predicted molar refractivity (Wildman–Crippen MR) is 66.3 cm³/mol. The van der Waals surface area contributed by atoms with Crippen molar-refractivity contribution < 1.29 is 18.7 Å². The van der Waals surface area contributed by atoms with Crippen molar-refractivity contribution in [1.82, 2.24) is 0 Å². The highest BCUT2D eigenvalue weighted by atomic mass is 35.5. The molecule has 0 saturated carbocycles. The van der Waals surface area contributed by atoms with E-state index < -0.39 is 17.7 Å². The van der Waals surface area contributed by atoms with Crippen LogP contribution in [0.5, 0.6) is 0 Å². The molecule has 0 aliphatic heterocycles. The number of anilines is 1. The van der Waals surface area contributed by atoms with Gasteiger partial charge in [0, 0.05) is 11.8 Å². The SMILES string of the molecule is COC(=O)c1cc(F)ccc1NC(=O)C(C)CCl. The van der Waals surface area contributed by atoms with E-state index in [1.807, 2.05) is 0 Å². The fourth-order valence-corrected chi connectivity index (χ4v) is 1.37. The minimum absolute atomic E-state index is 0.0346. The molecule has 0 radical (unpaired) electrons. The lowest BCUT2D eigenvalue weighted by Gasteiger charge is -2.12. The molecule has 18 heavy (non-hydrogen) atoms. The number of esters is 1. The number of carbonyl (C=O) groups excluding carboxylic acids is 2. The minimum atomic E-state index is -0.719. The maximum Gasteiger partial charge on any atom is 0.340 e. The largest absolute Gasteiger partial charge is 0.465 e. The summed E-state index contributed by atoms with van der Waals surface area (Å²) in [5.41, 5.74) is 0.165. The first-order valence-corrected chi connectivity index (χ1v) is 5.77. The molecule has 1 aromatic carbocycles. The molecular formula is C12H13ClFNO3. The van der Waals surface area contributed by atoms with Gasteiger partial charge >= 0.3 is 5.97 Å². The number of carbonyl (C=O) groups is 2. The van der Waals surface area contributed by atoms with E-state index in [2.05, 4.69) is 10.1 Å². The van der Waals surface area contributed by atoms with Crippen LogP contribution in [0.15, 0.2) is 18.2 Å². The van der Waals surface area contributed by atoms with E-state index in [1.165, 1.54) is 13.2 Å². The molecule has 1 atom stereocenters. The molecule has 0 spiro atoms. The summed E-state index contributed by atoms with van der Waals surface area (Å²) in [4.78, 5) is 23.1. The smallest absolute Gasteiger partial charge is 0.340 e. The van der Waals surface area contributed by atoms with E-state index in [0.717, 1.165) is 12.1 Å². The normalized spacial score (nSPS) is 11.8. The number of hydrogen-bond donors (Lipinski definition) is 1. The van der Waals surface area contributed by atoms with Crippen LogP contribution >= 0.6 is 11.6 Å². The molecule has 6 heteroatoms. The van der Waals surface area contributed by atoms with Crippen LogP contribution in [0, 0.1) is 11.7 Å². The molecule has 4 nitrogen and oxygen atoms in total. The highest BCUT2D eigenvalue weighted by Crippen LogP contribution is 2.19. The van der Waals surface area contributed by atoms with E-state index in [-0.39, 0.29) is 23.0 Å². The van der Waals surface area contributed by atoms with Gasteiger partial charge in [-0.25, -0.2) is 9.18 Å². The van der Waals surface area contributed by atoms with Crippen LogP contribution in [0.4, 0.5) is 10.1 Å². The van der Waals surface area contributed by atoms with E-state index >= 15 is 0 Å². The van der Waals surface area contributed by atoms with Crippen LogP contribution in [0.3, 0.4) is 0 Å². The summed E-state index contributed by atoms with van der Waals surface area (Å²) in [6.45, 7) is 1.64. The number of nitrogens with one attached hydrogen (secondary N) is 1. The Bertz CT molecular complexity index is 465. The topological polar surface area (TPSA) is 55.4 Å². The van der Waals surface area contributed by atoms with E-state index in [4.69, 9.17) is 11.6 Å². The van der Waals surface area contributed by atoms with Crippen molar-refractivity contribution in [1.29, 1.82) is 0 Å². The van der Waals surface area contributed by atoms with Crippen molar-refractivity contribution in [2.45, 2.75) is 6.92 Å². The van der Waals surface area contributed by atoms with Crippen LogP contribution in [0.2, 0.25) is 0 Å². The first kappa shape index (κ1) is 14.4. The number of alkyl halides is 1. The minimum Gasteiger partial charge on any atom is -0.465 e. The van der Waals surface area contributed by atoms with Crippen molar-refractivity contribution in [2.24, 2.45) is 5.92 Å². The summed E-state index contributed by atoms with van der Waals surface area (Å²) in [6, 6.07) is 3.46. The average Bonchev–Trinajstić information content (AvgIpc) is 2.38. The van der Waals surface area contributed by atoms with Crippen LogP contribution in [0.25, 0.3) is 0 Å². The molecule has 0 aliphatic rings. The Hall–Kier alpha value is -1.62. The van der Waals surface area contributed by atoms with Gasteiger partial charge in [0.25, 0.3) is 0 Å². The van der Waals surface area contributed by atoms with Gasteiger partial charge in [0.1, 0.15) is 5.82 Å². The third-order valence-corrected chi connectivity index (χ3v) is 2.79. The molecule has 1 unspecified atom stereocenters. The Balaban J connectivity index is 3.01. The zero-order valence-electron chi connectivity index (χ0n) is 10.00. The summed E-state index contributed by atoms with van der Waals surface area (Å²) in [6.07, 6.45) is 0. The van der Waals surface area contributed by atoms with Gasteiger partial charge in [-0.15, -0.1) is 11.6 Å². The number of benzene rings is 1. The number of halogens is 2. The third-order valence-electron chi connectivity index (χ3n) is 2.32. The lowest BCUT2D eigenvalue weighted by Crippen LogP contribution is -2.23. The zero-order chi connectivity index (χ0) is 13.7. The zero-order valence-corrected chi connectivity index (χ0v) is 10.8. The number of hydrogen-bond acceptors (Lipinski definition) is 3. The number of rotatable bonds is 4. The summed E-state index contributed by atoms with van der Waals surface area (Å²) in [5, 5.41) is 2.51. The molecule has 0 aliphatic carbocycles. The van der Waals surface area contributed by atoms with Crippen LogP contribution in [0.1, 0.15) is 17.3 Å². The van der Waals surface area contributed by atoms with Crippen molar-refractivity contribution in [3.05, 3.63) is 29.6 Å². The highest BCUT2D eigenvalue weighted by molar-refractivity contribution is 6.19. The Morgan fingerprint density at radius 2 is 2.17 bits per heavy atom. The maximum absolute atomic E-state index is 13.1. The summed E-state index contributed by atoms with van der Waals surface area (Å²) in [7, 11) is 1.18. The van der Waals surface area contributed by atoms with Gasteiger partial charge in [-0.3, -0.25) is 4.79 Å². The number of ether oxygens (including phenoxy) is 1. The summed E-state index contributed by atoms with van der Waals surface area (Å²) in [5.74, 6) is -1.91. The second-order valence-electron chi connectivity index (χ2n) is 3.73. The van der Waals surface area contributed by atoms with Gasteiger partial charge in [0.2, 0.25) is 5.91 Å². The van der Waals surface area contributed by atoms with Gasteiger partial charge < -0.3 is 10.1 Å². The number of methoxy groups -OCH3 is 1. The molecule has 0 aromatic heterocycles. The van der Waals surface area contributed by atoms with Crippen molar-refractivity contribution in [3.8, 4) is 0 Å². The maximum atomic E-state index is 13.1. The second-order valence-corrected chi connectivity index (χ2v) is 4.03. The molecule has 0 fully saturated rings. The van der Waals surface area contributed by atoms with Crippen molar-refractivity contribution >= 4 is 29.2 Å². The predicted octanol–water partition coefficient (Wildman–Crippen LogP) is 2.43. The standard InChI is InChI=1S/C12H13ClFNO3/c1-7(6-13)11(16)15-10-4-3-8(14)5-9(10)12(17)18-2/h3-5,7H,6H2,1-2H3,(H,15,16). The Morgan fingerprint density at radius 1 is 1.50 bits per heavy atom. The first-order chi connectivity index (χ1) is 8.49. The molecule has 1 rings (SSSR count). The molecule has 98 valence electrons. The van der Waals surface area contributed by atoms with Crippen molar-refractivity contribution in [3.63, 3.8) is 0 Å². The molecule has 0 saturated heterocycles. The summed E-state index contributed by atoms with van der Waals surface area (Å²) >= 11 is 5.56. The quantitative estimate of drug-likeness (QED) is 0.677. The lowest BCUT2D eigenvalue weighted by molar-refractivity contribution is -0.118. The second kappa shape index (κ2) is 6.35. The van der Waals surface area contributed by atoms with Gasteiger partial charge in [0.05, 0.1) is 18.4 Å². The van der Waals surface area contributed by atoms with Crippen LogP contribution in [-0.4, -0.2) is 24.9 Å². The molecule has 0 heterocycles.